The maximum atomic E-state index is 12.3. The number of ether oxygens (including phenoxy) is 2. The molecule has 0 aliphatic heterocycles. The Kier molecular flexibility index (Phi) is 7.61. The zero-order valence-corrected chi connectivity index (χ0v) is 16.9. The Morgan fingerprint density at radius 3 is 2.07 bits per heavy atom. The van der Waals surface area contributed by atoms with E-state index in [1.54, 1.807) is 24.3 Å². The van der Waals surface area contributed by atoms with Gasteiger partial charge in [-0.15, -0.1) is 0 Å². The van der Waals surface area contributed by atoms with Crippen LogP contribution in [0.25, 0.3) is 0 Å². The number of hydrogen-bond donors (Lipinski definition) is 2. The van der Waals surface area contributed by atoms with Gasteiger partial charge in [0.1, 0.15) is 11.5 Å². The van der Waals surface area contributed by atoms with Gasteiger partial charge in [0.15, 0.2) is 5.11 Å². The van der Waals surface area contributed by atoms with Crippen LogP contribution in [-0.4, -0.2) is 23.2 Å². The summed E-state index contributed by atoms with van der Waals surface area (Å²) in [6.45, 7) is 8.01. The Hall–Kier alpha value is -2.60. The first-order valence-electron chi connectivity index (χ1n) is 9.03. The second-order valence-electron chi connectivity index (χ2n) is 6.46. The van der Waals surface area contributed by atoms with E-state index >= 15 is 0 Å². The average molecular weight is 387 g/mol. The Morgan fingerprint density at radius 2 is 1.52 bits per heavy atom. The summed E-state index contributed by atoms with van der Waals surface area (Å²) in [7, 11) is 0. The van der Waals surface area contributed by atoms with E-state index in [1.165, 1.54) is 0 Å². The minimum atomic E-state index is -0.277. The van der Waals surface area contributed by atoms with Gasteiger partial charge in [-0.25, -0.2) is 0 Å². The van der Waals surface area contributed by atoms with E-state index in [-0.39, 0.29) is 23.2 Å². The van der Waals surface area contributed by atoms with Crippen molar-refractivity contribution in [2.24, 2.45) is 0 Å². The van der Waals surface area contributed by atoms with Gasteiger partial charge < -0.3 is 14.8 Å². The molecule has 27 heavy (non-hydrogen) atoms. The smallest absolute Gasteiger partial charge is 0.257 e. The van der Waals surface area contributed by atoms with Crippen molar-refractivity contribution >= 4 is 28.9 Å². The number of rotatable bonds is 7. The first-order valence-corrected chi connectivity index (χ1v) is 9.44. The van der Waals surface area contributed by atoms with Crippen molar-refractivity contribution < 1.29 is 14.3 Å². The van der Waals surface area contributed by atoms with E-state index in [9.17, 15) is 4.79 Å². The first-order chi connectivity index (χ1) is 12.9. The maximum Gasteiger partial charge on any atom is 0.257 e. The fourth-order valence-corrected chi connectivity index (χ4v) is 2.44. The van der Waals surface area contributed by atoms with Crippen molar-refractivity contribution in [2.75, 3.05) is 5.32 Å². The second kappa shape index (κ2) is 9.92. The van der Waals surface area contributed by atoms with E-state index in [0.717, 1.165) is 23.6 Å². The van der Waals surface area contributed by atoms with Gasteiger partial charge >= 0.3 is 0 Å². The van der Waals surface area contributed by atoms with Gasteiger partial charge in [-0.1, -0.05) is 6.92 Å². The average Bonchev–Trinajstić information content (AvgIpc) is 2.63. The quantitative estimate of drug-likeness (QED) is 0.671. The Balaban J connectivity index is 1.88. The molecule has 0 spiro atoms. The Labute approximate surface area is 166 Å². The normalized spacial score (nSPS) is 11.6. The number of carbonyl (C=O) groups is 1. The summed E-state index contributed by atoms with van der Waals surface area (Å²) in [6.07, 6.45) is 1.20. The molecule has 2 N–H and O–H groups in total. The van der Waals surface area contributed by atoms with Gasteiger partial charge in [0, 0.05) is 11.3 Å². The monoisotopic (exact) mass is 386 g/mol. The van der Waals surface area contributed by atoms with Crippen LogP contribution in [0.5, 0.6) is 11.5 Å². The summed E-state index contributed by atoms with van der Waals surface area (Å²) in [4.78, 5) is 12.3. The van der Waals surface area contributed by atoms with E-state index in [0.29, 0.717) is 5.56 Å². The molecule has 2 rings (SSSR count). The predicted molar refractivity (Wildman–Crippen MR) is 113 cm³/mol. The van der Waals surface area contributed by atoms with Crippen molar-refractivity contribution in [3.05, 3.63) is 54.1 Å². The SMILES string of the molecule is CCC(C)Oc1ccc(NC(=S)NC(=O)c2ccc(OC(C)C)cc2)cc1. The fourth-order valence-electron chi connectivity index (χ4n) is 2.23. The minimum absolute atomic E-state index is 0.0865. The van der Waals surface area contributed by atoms with Crippen LogP contribution >= 0.6 is 12.2 Å². The third-order valence-corrected chi connectivity index (χ3v) is 3.94. The molecular formula is C21H26N2O3S. The summed E-state index contributed by atoms with van der Waals surface area (Å²) in [5, 5.41) is 5.90. The second-order valence-corrected chi connectivity index (χ2v) is 6.87. The first kappa shape index (κ1) is 20.7. The Morgan fingerprint density at radius 1 is 0.963 bits per heavy atom. The van der Waals surface area contributed by atoms with E-state index in [1.807, 2.05) is 45.0 Å². The van der Waals surface area contributed by atoms with Crippen molar-refractivity contribution in [3.63, 3.8) is 0 Å². The molecule has 144 valence electrons. The molecule has 0 radical (unpaired) electrons. The number of carbonyl (C=O) groups excluding carboxylic acids is 1. The van der Waals surface area contributed by atoms with E-state index < -0.39 is 0 Å². The molecule has 0 aliphatic rings. The van der Waals surface area contributed by atoms with Gasteiger partial charge in [-0.2, -0.15) is 0 Å². The molecule has 0 saturated carbocycles. The van der Waals surface area contributed by atoms with Crippen LogP contribution in [0.2, 0.25) is 0 Å². The van der Waals surface area contributed by atoms with Crippen LogP contribution in [0, 0.1) is 0 Å². The van der Waals surface area contributed by atoms with Gasteiger partial charge in [-0.3, -0.25) is 10.1 Å². The molecule has 5 nitrogen and oxygen atoms in total. The van der Waals surface area contributed by atoms with Crippen LogP contribution < -0.4 is 20.1 Å². The predicted octanol–water partition coefficient (Wildman–Crippen LogP) is 4.78. The standard InChI is InChI=1S/C21H26N2O3S/c1-5-15(4)26-19-12-8-17(9-13-19)22-21(27)23-20(24)16-6-10-18(11-7-16)25-14(2)3/h6-15H,5H2,1-4H3,(H2,22,23,24,27). The maximum absolute atomic E-state index is 12.3. The van der Waals surface area contributed by atoms with Crippen LogP contribution in [-0.2, 0) is 0 Å². The lowest BCUT2D eigenvalue weighted by Crippen LogP contribution is -2.34. The van der Waals surface area contributed by atoms with Gasteiger partial charge in [0.2, 0.25) is 0 Å². The van der Waals surface area contributed by atoms with Crippen LogP contribution in [0.4, 0.5) is 5.69 Å². The largest absolute Gasteiger partial charge is 0.491 e. The lowest BCUT2D eigenvalue weighted by Gasteiger charge is -2.14. The molecule has 0 fully saturated rings. The number of nitrogens with one attached hydrogen (secondary N) is 2. The summed E-state index contributed by atoms with van der Waals surface area (Å²) >= 11 is 5.22. The molecule has 2 aromatic rings. The Bertz CT molecular complexity index is 758. The topological polar surface area (TPSA) is 59.6 Å². The molecule has 0 aliphatic carbocycles. The zero-order chi connectivity index (χ0) is 19.8. The minimum Gasteiger partial charge on any atom is -0.491 e. The molecular weight excluding hydrogens is 360 g/mol. The molecule has 2 aromatic carbocycles. The van der Waals surface area contributed by atoms with Gasteiger partial charge in [0.05, 0.1) is 12.2 Å². The third-order valence-electron chi connectivity index (χ3n) is 3.74. The van der Waals surface area contributed by atoms with Gasteiger partial charge in [0.25, 0.3) is 5.91 Å². The zero-order valence-electron chi connectivity index (χ0n) is 16.1. The van der Waals surface area contributed by atoms with Crippen LogP contribution in [0.15, 0.2) is 48.5 Å². The third kappa shape index (κ3) is 6.90. The van der Waals surface area contributed by atoms with E-state index in [2.05, 4.69) is 17.6 Å². The summed E-state index contributed by atoms with van der Waals surface area (Å²) < 4.78 is 11.3. The molecule has 0 bridgehead atoms. The van der Waals surface area contributed by atoms with Crippen LogP contribution in [0.3, 0.4) is 0 Å². The number of thiocarbonyl (C=S) groups is 1. The molecule has 0 aromatic heterocycles. The summed E-state index contributed by atoms with van der Waals surface area (Å²) in [5.74, 6) is 1.25. The van der Waals surface area contributed by atoms with E-state index in [4.69, 9.17) is 21.7 Å². The lowest BCUT2D eigenvalue weighted by molar-refractivity contribution is 0.0977. The van der Waals surface area contributed by atoms with Crippen molar-refractivity contribution in [1.82, 2.24) is 5.32 Å². The highest BCUT2D eigenvalue weighted by molar-refractivity contribution is 7.80. The summed E-state index contributed by atoms with van der Waals surface area (Å²) in [6, 6.07) is 14.4. The van der Waals surface area contributed by atoms with Crippen molar-refractivity contribution in [1.29, 1.82) is 0 Å². The molecule has 1 amide bonds. The lowest BCUT2D eigenvalue weighted by atomic mass is 10.2. The highest BCUT2D eigenvalue weighted by atomic mass is 32.1. The molecule has 1 unspecified atom stereocenters. The molecule has 1 atom stereocenters. The van der Waals surface area contributed by atoms with Crippen molar-refractivity contribution in [3.8, 4) is 11.5 Å². The molecule has 6 heteroatoms. The molecule has 0 heterocycles. The van der Waals surface area contributed by atoms with Crippen LogP contribution in [0.1, 0.15) is 44.5 Å². The van der Waals surface area contributed by atoms with Crippen molar-refractivity contribution in [2.45, 2.75) is 46.3 Å². The molecule has 0 saturated heterocycles. The number of amides is 1. The highest BCUT2D eigenvalue weighted by Crippen LogP contribution is 2.18. The van der Waals surface area contributed by atoms with Gasteiger partial charge in [-0.05, 0) is 87.9 Å². The highest BCUT2D eigenvalue weighted by Gasteiger charge is 2.09. The number of hydrogen-bond acceptors (Lipinski definition) is 4. The number of benzene rings is 2. The fraction of sp³-hybridized carbons (Fsp3) is 0.333. The summed E-state index contributed by atoms with van der Waals surface area (Å²) in [5.41, 5.74) is 1.28. The number of anilines is 1.